The van der Waals surface area contributed by atoms with Crippen LogP contribution in [0.5, 0.6) is 11.5 Å². The molecule has 1 N–H and O–H groups in total. The lowest BCUT2D eigenvalue weighted by molar-refractivity contribution is 0.281. The second-order valence-corrected chi connectivity index (χ2v) is 3.36. The van der Waals surface area contributed by atoms with Crippen molar-refractivity contribution in [3.05, 3.63) is 59.9 Å². The summed E-state index contributed by atoms with van der Waals surface area (Å²) in [5.41, 5.74) is 0.812. The molecule has 2 aromatic carbocycles. The average molecular weight is 218 g/mol. The first-order valence-electron chi connectivity index (χ1n) is 4.91. The van der Waals surface area contributed by atoms with Gasteiger partial charge in [0, 0.05) is 6.07 Å². The molecule has 0 aliphatic heterocycles. The van der Waals surface area contributed by atoms with Gasteiger partial charge in [-0.2, -0.15) is 0 Å². The van der Waals surface area contributed by atoms with E-state index in [0.29, 0.717) is 11.5 Å². The summed E-state index contributed by atoms with van der Waals surface area (Å²) in [6.07, 6.45) is 0. The predicted octanol–water partition coefficient (Wildman–Crippen LogP) is 3.11. The molecule has 2 nitrogen and oxygen atoms in total. The molecule has 0 saturated heterocycles. The SMILES string of the molecule is OCc1ccc(Oc2cccc(F)c2)cc1. The van der Waals surface area contributed by atoms with Crippen LogP contribution >= 0.6 is 0 Å². The van der Waals surface area contributed by atoms with Crippen LogP contribution in [0.25, 0.3) is 0 Å². The van der Waals surface area contributed by atoms with Crippen LogP contribution in [-0.4, -0.2) is 5.11 Å². The fourth-order valence-corrected chi connectivity index (χ4v) is 1.33. The standard InChI is InChI=1S/C13H11FO2/c14-11-2-1-3-13(8-11)16-12-6-4-10(9-15)5-7-12/h1-8,15H,9H2. The molecule has 0 atom stereocenters. The van der Waals surface area contributed by atoms with E-state index >= 15 is 0 Å². The minimum absolute atomic E-state index is 0.000243. The summed E-state index contributed by atoms with van der Waals surface area (Å²) in [5.74, 6) is 0.740. The van der Waals surface area contributed by atoms with Crippen molar-refractivity contribution in [2.45, 2.75) is 6.61 Å². The molecular weight excluding hydrogens is 207 g/mol. The Bertz CT molecular complexity index is 466. The molecule has 0 aliphatic carbocycles. The highest BCUT2D eigenvalue weighted by Crippen LogP contribution is 2.22. The third-order valence-corrected chi connectivity index (χ3v) is 2.14. The van der Waals surface area contributed by atoms with Crippen molar-refractivity contribution in [1.82, 2.24) is 0 Å². The number of benzene rings is 2. The fraction of sp³-hybridized carbons (Fsp3) is 0.0769. The smallest absolute Gasteiger partial charge is 0.130 e. The molecule has 2 rings (SSSR count). The van der Waals surface area contributed by atoms with E-state index in [9.17, 15) is 4.39 Å². The predicted molar refractivity (Wildman–Crippen MR) is 58.8 cm³/mol. The number of hydrogen-bond donors (Lipinski definition) is 1. The molecule has 16 heavy (non-hydrogen) atoms. The topological polar surface area (TPSA) is 29.5 Å². The third kappa shape index (κ3) is 2.58. The molecule has 2 aromatic rings. The van der Waals surface area contributed by atoms with E-state index in [1.54, 1.807) is 36.4 Å². The van der Waals surface area contributed by atoms with Crippen LogP contribution in [-0.2, 0) is 6.61 Å². The molecule has 0 amide bonds. The van der Waals surface area contributed by atoms with Gasteiger partial charge < -0.3 is 9.84 Å². The van der Waals surface area contributed by atoms with Crippen molar-refractivity contribution in [1.29, 1.82) is 0 Å². The van der Waals surface area contributed by atoms with E-state index in [0.717, 1.165) is 5.56 Å². The molecule has 0 fully saturated rings. The summed E-state index contributed by atoms with van der Waals surface area (Å²) in [6, 6.07) is 12.9. The lowest BCUT2D eigenvalue weighted by atomic mass is 10.2. The number of ether oxygens (including phenoxy) is 1. The molecule has 0 spiro atoms. The van der Waals surface area contributed by atoms with Crippen molar-refractivity contribution in [2.75, 3.05) is 0 Å². The van der Waals surface area contributed by atoms with Gasteiger partial charge in [0.05, 0.1) is 6.61 Å². The van der Waals surface area contributed by atoms with Crippen molar-refractivity contribution >= 4 is 0 Å². The van der Waals surface area contributed by atoms with Gasteiger partial charge in [-0.25, -0.2) is 4.39 Å². The van der Waals surface area contributed by atoms with E-state index < -0.39 is 0 Å². The van der Waals surface area contributed by atoms with Crippen LogP contribution in [0.2, 0.25) is 0 Å². The minimum Gasteiger partial charge on any atom is -0.457 e. The van der Waals surface area contributed by atoms with Crippen LogP contribution in [0, 0.1) is 5.82 Å². The Kier molecular flexibility index (Phi) is 3.17. The van der Waals surface area contributed by atoms with Gasteiger partial charge in [-0.1, -0.05) is 18.2 Å². The van der Waals surface area contributed by atoms with Gasteiger partial charge in [0.1, 0.15) is 17.3 Å². The molecule has 0 aliphatic rings. The summed E-state index contributed by atoms with van der Waals surface area (Å²) in [5, 5.41) is 8.86. The maximum Gasteiger partial charge on any atom is 0.130 e. The number of rotatable bonds is 3. The van der Waals surface area contributed by atoms with Gasteiger partial charge in [-0.3, -0.25) is 0 Å². The number of halogens is 1. The largest absolute Gasteiger partial charge is 0.457 e. The van der Waals surface area contributed by atoms with Gasteiger partial charge in [-0.15, -0.1) is 0 Å². The quantitative estimate of drug-likeness (QED) is 0.857. The zero-order chi connectivity index (χ0) is 11.4. The van der Waals surface area contributed by atoms with E-state index in [2.05, 4.69) is 0 Å². The Labute approximate surface area is 92.9 Å². The molecule has 0 bridgehead atoms. The highest BCUT2D eigenvalue weighted by molar-refractivity contribution is 5.33. The van der Waals surface area contributed by atoms with Gasteiger partial charge >= 0.3 is 0 Å². The van der Waals surface area contributed by atoms with Crippen LogP contribution < -0.4 is 4.74 Å². The van der Waals surface area contributed by atoms with Crippen molar-refractivity contribution in [3.63, 3.8) is 0 Å². The number of hydrogen-bond acceptors (Lipinski definition) is 2. The van der Waals surface area contributed by atoms with E-state index in [1.165, 1.54) is 12.1 Å². The highest BCUT2D eigenvalue weighted by atomic mass is 19.1. The Morgan fingerprint density at radius 2 is 1.75 bits per heavy atom. The summed E-state index contributed by atoms with van der Waals surface area (Å²) >= 11 is 0. The lowest BCUT2D eigenvalue weighted by Gasteiger charge is -2.05. The second-order valence-electron chi connectivity index (χ2n) is 3.36. The third-order valence-electron chi connectivity index (χ3n) is 2.14. The summed E-state index contributed by atoms with van der Waals surface area (Å²) in [4.78, 5) is 0. The second kappa shape index (κ2) is 4.77. The molecular formula is C13H11FO2. The molecule has 0 heterocycles. The van der Waals surface area contributed by atoms with E-state index in [4.69, 9.17) is 9.84 Å². The summed E-state index contributed by atoms with van der Waals surface area (Å²) in [6.45, 7) is 0.000243. The van der Waals surface area contributed by atoms with E-state index in [-0.39, 0.29) is 12.4 Å². The van der Waals surface area contributed by atoms with Crippen molar-refractivity contribution in [2.24, 2.45) is 0 Å². The fourth-order valence-electron chi connectivity index (χ4n) is 1.33. The average Bonchev–Trinajstić information content (AvgIpc) is 2.30. The van der Waals surface area contributed by atoms with Crippen LogP contribution in [0.3, 0.4) is 0 Å². The van der Waals surface area contributed by atoms with Gasteiger partial charge in [-0.05, 0) is 29.8 Å². The molecule has 0 radical (unpaired) electrons. The minimum atomic E-state index is -0.329. The van der Waals surface area contributed by atoms with Gasteiger partial charge in [0.25, 0.3) is 0 Å². The highest BCUT2D eigenvalue weighted by Gasteiger charge is 1.98. The van der Waals surface area contributed by atoms with Crippen molar-refractivity contribution in [3.8, 4) is 11.5 Å². The number of aliphatic hydroxyl groups excluding tert-OH is 1. The first kappa shape index (κ1) is 10.6. The Morgan fingerprint density at radius 3 is 2.38 bits per heavy atom. The Morgan fingerprint density at radius 1 is 1.00 bits per heavy atom. The van der Waals surface area contributed by atoms with Crippen LogP contribution in [0.15, 0.2) is 48.5 Å². The Hall–Kier alpha value is -1.87. The molecule has 0 unspecified atom stereocenters. The maximum atomic E-state index is 12.9. The van der Waals surface area contributed by atoms with Crippen LogP contribution in [0.4, 0.5) is 4.39 Å². The zero-order valence-electron chi connectivity index (χ0n) is 8.56. The summed E-state index contributed by atoms with van der Waals surface area (Å²) < 4.78 is 18.3. The van der Waals surface area contributed by atoms with Gasteiger partial charge in [0.15, 0.2) is 0 Å². The maximum absolute atomic E-state index is 12.9. The van der Waals surface area contributed by atoms with E-state index in [1.807, 2.05) is 0 Å². The monoisotopic (exact) mass is 218 g/mol. The van der Waals surface area contributed by atoms with Crippen LogP contribution in [0.1, 0.15) is 5.56 Å². The van der Waals surface area contributed by atoms with Crippen molar-refractivity contribution < 1.29 is 14.2 Å². The number of aliphatic hydroxyl groups is 1. The first-order valence-corrected chi connectivity index (χ1v) is 4.91. The normalized spacial score (nSPS) is 10.1. The van der Waals surface area contributed by atoms with Gasteiger partial charge in [0.2, 0.25) is 0 Å². The lowest BCUT2D eigenvalue weighted by Crippen LogP contribution is -1.86. The summed E-state index contributed by atoms with van der Waals surface area (Å²) in [7, 11) is 0. The Balaban J connectivity index is 2.14. The molecule has 82 valence electrons. The zero-order valence-corrected chi connectivity index (χ0v) is 8.56. The molecule has 0 aromatic heterocycles. The first-order chi connectivity index (χ1) is 7.78. The molecule has 0 saturated carbocycles. The molecule has 3 heteroatoms.